The molecule has 0 radical (unpaired) electrons. The Balaban J connectivity index is 1.23. The molecule has 1 aromatic heterocycles. The number of halogens is 2. The maximum atomic E-state index is 13.7. The third-order valence-electron chi connectivity index (χ3n) is 7.51. The topological polar surface area (TPSA) is 108 Å². The van der Waals surface area contributed by atoms with Gasteiger partial charge in [0.15, 0.2) is 0 Å². The Morgan fingerprint density at radius 1 is 0.800 bits per heavy atom. The normalized spacial score (nSPS) is 13.2. The van der Waals surface area contributed by atoms with Crippen LogP contribution in [0.1, 0.15) is 38.1 Å². The monoisotopic (exact) mass is 612 g/mol. The molecule has 9 nitrogen and oxygen atoms in total. The smallest absolute Gasteiger partial charge is 0.246 e. The SMILES string of the molecule is CC1(C)c2nc(-c3ccc(F)cc3)c(Nc3ccc(F)cc3)n2C=CN1C(=O)CNC(=O)CCNC(=O)CCc1ccccc1. The molecule has 232 valence electrons. The van der Waals surface area contributed by atoms with Crippen molar-refractivity contribution in [3.63, 3.8) is 0 Å². The number of imidazole rings is 1. The van der Waals surface area contributed by atoms with Gasteiger partial charge in [0, 0.05) is 43.0 Å². The van der Waals surface area contributed by atoms with Crippen LogP contribution < -0.4 is 16.0 Å². The number of carbonyl (C=O) groups is 3. The van der Waals surface area contributed by atoms with Crippen LogP contribution in [0.25, 0.3) is 17.5 Å². The molecule has 3 N–H and O–H groups in total. The van der Waals surface area contributed by atoms with Crippen molar-refractivity contribution in [3.8, 4) is 11.3 Å². The van der Waals surface area contributed by atoms with E-state index in [4.69, 9.17) is 4.98 Å². The highest BCUT2D eigenvalue weighted by Crippen LogP contribution is 2.39. The fourth-order valence-corrected chi connectivity index (χ4v) is 5.08. The molecule has 45 heavy (non-hydrogen) atoms. The summed E-state index contributed by atoms with van der Waals surface area (Å²) >= 11 is 0. The molecule has 0 saturated carbocycles. The van der Waals surface area contributed by atoms with Crippen LogP contribution in [-0.4, -0.2) is 45.3 Å². The van der Waals surface area contributed by atoms with Crippen LogP contribution in [-0.2, 0) is 26.3 Å². The molecular formula is C34H34F2N6O3. The van der Waals surface area contributed by atoms with Gasteiger partial charge < -0.3 is 20.9 Å². The molecule has 0 bridgehead atoms. The summed E-state index contributed by atoms with van der Waals surface area (Å²) < 4.78 is 29.1. The van der Waals surface area contributed by atoms with Gasteiger partial charge in [-0.05, 0) is 74.4 Å². The molecule has 4 aromatic rings. The lowest BCUT2D eigenvalue weighted by molar-refractivity contribution is -0.135. The number of hydrogen-bond acceptors (Lipinski definition) is 5. The first-order valence-electron chi connectivity index (χ1n) is 14.6. The quantitative estimate of drug-likeness (QED) is 0.212. The van der Waals surface area contributed by atoms with Crippen LogP contribution in [0.2, 0.25) is 0 Å². The Morgan fingerprint density at radius 2 is 1.44 bits per heavy atom. The molecular weight excluding hydrogens is 578 g/mol. The zero-order valence-corrected chi connectivity index (χ0v) is 25.0. The molecule has 0 unspecified atom stereocenters. The van der Waals surface area contributed by atoms with Crippen LogP contribution >= 0.6 is 0 Å². The van der Waals surface area contributed by atoms with Gasteiger partial charge in [0.2, 0.25) is 17.7 Å². The first-order chi connectivity index (χ1) is 21.6. The van der Waals surface area contributed by atoms with Gasteiger partial charge in [-0.3, -0.25) is 19.0 Å². The van der Waals surface area contributed by atoms with Crippen molar-refractivity contribution >= 4 is 35.4 Å². The number of benzene rings is 3. The summed E-state index contributed by atoms with van der Waals surface area (Å²) in [6, 6.07) is 21.4. The number of carbonyl (C=O) groups excluding carboxylic acids is 3. The van der Waals surface area contributed by atoms with E-state index in [1.807, 2.05) is 44.2 Å². The van der Waals surface area contributed by atoms with E-state index in [0.29, 0.717) is 41.4 Å². The van der Waals surface area contributed by atoms with Gasteiger partial charge in [-0.25, -0.2) is 13.8 Å². The van der Waals surface area contributed by atoms with Gasteiger partial charge in [0.25, 0.3) is 0 Å². The lowest BCUT2D eigenvalue weighted by atomic mass is 10.0. The lowest BCUT2D eigenvalue weighted by Gasteiger charge is -2.38. The third-order valence-corrected chi connectivity index (χ3v) is 7.51. The van der Waals surface area contributed by atoms with Crippen molar-refractivity contribution in [2.45, 2.75) is 38.6 Å². The number of rotatable bonds is 11. The molecule has 0 atom stereocenters. The number of nitrogens with zero attached hydrogens (tertiary/aromatic N) is 3. The van der Waals surface area contributed by atoms with E-state index >= 15 is 0 Å². The second kappa shape index (κ2) is 13.5. The average molecular weight is 613 g/mol. The molecule has 1 aliphatic heterocycles. The Morgan fingerprint density at radius 3 is 2.13 bits per heavy atom. The summed E-state index contributed by atoms with van der Waals surface area (Å²) in [5.74, 6) is -0.559. The van der Waals surface area contributed by atoms with Crippen LogP contribution in [0.4, 0.5) is 20.3 Å². The van der Waals surface area contributed by atoms with E-state index in [1.54, 1.807) is 41.2 Å². The minimum absolute atomic E-state index is 0.0352. The Labute approximate surface area is 260 Å². The minimum atomic E-state index is -0.944. The molecule has 0 fully saturated rings. The van der Waals surface area contributed by atoms with Gasteiger partial charge in [0.05, 0.1) is 6.54 Å². The van der Waals surface area contributed by atoms with E-state index in [-0.39, 0.29) is 48.9 Å². The average Bonchev–Trinajstić information content (AvgIpc) is 3.40. The van der Waals surface area contributed by atoms with Crippen molar-refractivity contribution < 1.29 is 23.2 Å². The van der Waals surface area contributed by atoms with Crippen molar-refractivity contribution in [1.82, 2.24) is 25.1 Å². The number of fused-ring (bicyclic) bond motifs is 1. The highest BCUT2D eigenvalue weighted by Gasteiger charge is 2.39. The van der Waals surface area contributed by atoms with E-state index in [2.05, 4.69) is 16.0 Å². The van der Waals surface area contributed by atoms with Crippen LogP contribution in [0.5, 0.6) is 0 Å². The Kier molecular flexibility index (Phi) is 9.36. The first-order valence-corrected chi connectivity index (χ1v) is 14.6. The molecule has 2 heterocycles. The molecule has 3 amide bonds. The lowest BCUT2D eigenvalue weighted by Crippen LogP contribution is -2.49. The number of aryl methyl sites for hydroxylation is 1. The van der Waals surface area contributed by atoms with Crippen molar-refractivity contribution in [3.05, 3.63) is 108 Å². The third kappa shape index (κ3) is 7.43. The summed E-state index contributed by atoms with van der Waals surface area (Å²) in [6.07, 6.45) is 4.26. The number of anilines is 2. The number of hydrogen-bond donors (Lipinski definition) is 3. The number of aromatic nitrogens is 2. The highest BCUT2D eigenvalue weighted by atomic mass is 19.1. The molecule has 3 aromatic carbocycles. The van der Waals surface area contributed by atoms with Gasteiger partial charge >= 0.3 is 0 Å². The maximum Gasteiger partial charge on any atom is 0.246 e. The van der Waals surface area contributed by atoms with Gasteiger partial charge in [-0.15, -0.1) is 0 Å². The fraction of sp³-hybridized carbons (Fsp3) is 0.235. The summed E-state index contributed by atoms with van der Waals surface area (Å²) in [6.45, 7) is 3.57. The number of nitrogens with one attached hydrogen (secondary N) is 3. The van der Waals surface area contributed by atoms with Crippen LogP contribution in [0, 0.1) is 11.6 Å². The molecule has 0 saturated heterocycles. The first kappa shape index (κ1) is 31.1. The zero-order chi connectivity index (χ0) is 32.0. The summed E-state index contributed by atoms with van der Waals surface area (Å²) in [5, 5.41) is 8.66. The molecule has 5 rings (SSSR count). The summed E-state index contributed by atoms with van der Waals surface area (Å²) in [7, 11) is 0. The predicted molar refractivity (Wildman–Crippen MR) is 168 cm³/mol. The van der Waals surface area contributed by atoms with E-state index in [1.165, 1.54) is 29.2 Å². The Bertz CT molecular complexity index is 1700. The summed E-state index contributed by atoms with van der Waals surface area (Å²) in [5.41, 5.74) is 1.89. The van der Waals surface area contributed by atoms with Crippen molar-refractivity contribution in [1.29, 1.82) is 0 Å². The largest absolute Gasteiger partial charge is 0.356 e. The van der Waals surface area contributed by atoms with Gasteiger partial charge in [-0.2, -0.15) is 0 Å². The minimum Gasteiger partial charge on any atom is -0.356 e. The molecule has 0 aliphatic carbocycles. The maximum absolute atomic E-state index is 13.7. The molecule has 0 spiro atoms. The molecule has 11 heteroatoms. The zero-order valence-electron chi connectivity index (χ0n) is 25.0. The van der Waals surface area contributed by atoms with Gasteiger partial charge in [-0.1, -0.05) is 30.3 Å². The van der Waals surface area contributed by atoms with Crippen molar-refractivity contribution in [2.75, 3.05) is 18.4 Å². The van der Waals surface area contributed by atoms with Gasteiger partial charge in [0.1, 0.15) is 34.5 Å². The Hall–Kier alpha value is -5.32. The van der Waals surface area contributed by atoms with Crippen LogP contribution in [0.15, 0.2) is 85.1 Å². The van der Waals surface area contributed by atoms with E-state index in [9.17, 15) is 23.2 Å². The highest BCUT2D eigenvalue weighted by molar-refractivity contribution is 5.87. The second-order valence-corrected chi connectivity index (χ2v) is 11.1. The second-order valence-electron chi connectivity index (χ2n) is 11.1. The molecule has 1 aliphatic rings. The standard InChI is InChI=1S/C34H34F2N6O3/c1-34(2)33-40-31(24-9-11-25(35)12-10-24)32(39-27-15-13-26(36)14-16-27)41(33)20-21-42(34)30(45)22-38-29(44)18-19-37-28(43)17-8-23-6-4-3-5-7-23/h3-7,9-16,20-21,39H,8,17-19,22H2,1-2H3,(H,37,43)(H,38,44). The fourth-order valence-electron chi connectivity index (χ4n) is 5.08. The number of amides is 3. The van der Waals surface area contributed by atoms with E-state index < -0.39 is 5.54 Å². The van der Waals surface area contributed by atoms with Crippen LogP contribution in [0.3, 0.4) is 0 Å². The summed E-state index contributed by atoms with van der Waals surface area (Å²) in [4.78, 5) is 44.3. The van der Waals surface area contributed by atoms with E-state index in [0.717, 1.165) is 5.56 Å². The predicted octanol–water partition coefficient (Wildman–Crippen LogP) is 5.33. The van der Waals surface area contributed by atoms with Crippen molar-refractivity contribution in [2.24, 2.45) is 0 Å².